The Morgan fingerprint density at radius 1 is 0.729 bits per heavy atom. The number of hydrogen-bond donors (Lipinski definition) is 5. The van der Waals surface area contributed by atoms with Gasteiger partial charge in [-0.25, -0.2) is 0 Å². The molecule has 10 atom stereocenters. The van der Waals surface area contributed by atoms with E-state index in [-0.39, 0.29) is 54.0 Å². The molecule has 25 nitrogen and oxygen atoms in total. The molecule has 4 fully saturated rings. The summed E-state index contributed by atoms with van der Waals surface area (Å²) in [5.74, 6) is -2.07. The third-order valence-electron chi connectivity index (χ3n) is 12.7. The smallest absolute Gasteiger partial charge is 0.303 e. The maximum atomic E-state index is 12.7. The summed E-state index contributed by atoms with van der Waals surface area (Å²) in [6.07, 6.45) is 1.76. The molecule has 4 aliphatic rings. The highest BCUT2D eigenvalue weighted by Crippen LogP contribution is 2.45. The zero-order valence-electron chi connectivity index (χ0n) is 40.0. The van der Waals surface area contributed by atoms with Crippen LogP contribution in [0.3, 0.4) is 0 Å². The standard InChI is InChI=1S/C23H34ClN6O7P.C18H28ClN6O6P/c1-12-16(10-35-17(38(4,5)33)11-34-13(2)31)37-22(19(12)36-14(3)32)30-21-18(28-29-30)20(26-23(24)27-21)25-15-8-6-7-9-15;1-32(2,29)11(7-26)30-8-10-13(27)14(28)17(31-10)25-16-12(23-24-25)15(21-18(19)22-16)20-9-5-3-4-6-9/h12,15-17,19,22H,6-11H2,1-5H3,(H,25,26,27);9-11,13-14,17,26-28H,3-8H2,1-2H3,(H,20,21,22)/t12-,16-,17?,19?,22-;10-,11?,13-,14-,17-/m11/s1. The Balaban J connectivity index is 0.000000209. The lowest BCUT2D eigenvalue weighted by Crippen LogP contribution is -2.35. The number of nitrogens with one attached hydrogen (secondary N) is 2. The summed E-state index contributed by atoms with van der Waals surface area (Å²) in [5.41, 5.74) is 1.40. The molecule has 6 heterocycles. The molecule has 0 spiro atoms. The van der Waals surface area contributed by atoms with Crippen LogP contribution in [-0.2, 0) is 47.1 Å². The van der Waals surface area contributed by atoms with Crippen molar-refractivity contribution < 1.29 is 62.5 Å². The maximum absolute atomic E-state index is 12.7. The van der Waals surface area contributed by atoms with Crippen LogP contribution in [-0.4, -0.2) is 185 Å². The van der Waals surface area contributed by atoms with Gasteiger partial charge in [0.15, 0.2) is 52.5 Å². The van der Waals surface area contributed by atoms with Crippen molar-refractivity contribution in [2.75, 3.05) is 63.7 Å². The largest absolute Gasteiger partial charge is 0.463 e. The van der Waals surface area contributed by atoms with Gasteiger partial charge in [0.25, 0.3) is 0 Å². The fourth-order valence-electron chi connectivity index (χ4n) is 8.78. The molecule has 5 N–H and O–H groups in total. The van der Waals surface area contributed by atoms with E-state index in [1.807, 2.05) is 6.92 Å². The number of esters is 2. The number of anilines is 2. The Kier molecular flexibility index (Phi) is 17.8. The topological polar surface area (TPSA) is 321 Å². The highest BCUT2D eigenvalue weighted by Gasteiger charge is 2.48. The van der Waals surface area contributed by atoms with E-state index in [2.05, 4.69) is 51.2 Å². The van der Waals surface area contributed by atoms with E-state index in [1.165, 1.54) is 36.5 Å². The van der Waals surface area contributed by atoms with Crippen molar-refractivity contribution in [2.45, 2.75) is 139 Å². The Morgan fingerprint density at radius 2 is 1.20 bits per heavy atom. The molecule has 2 aliphatic carbocycles. The Hall–Kier alpha value is -3.74. The Bertz CT molecular complexity index is 2560. The molecule has 0 amide bonds. The number of carbonyl (C=O) groups is 2. The van der Waals surface area contributed by atoms with Crippen LogP contribution < -0.4 is 10.6 Å². The normalized spacial score (nSPS) is 26.3. The van der Waals surface area contributed by atoms with Crippen LogP contribution in [0, 0.1) is 5.92 Å². The van der Waals surface area contributed by atoms with Crippen molar-refractivity contribution in [3.8, 4) is 0 Å². The van der Waals surface area contributed by atoms with E-state index < -0.39 is 87.5 Å². The Morgan fingerprint density at radius 3 is 1.67 bits per heavy atom. The quantitative estimate of drug-likeness (QED) is 0.0533. The molecule has 0 aromatic carbocycles. The van der Waals surface area contributed by atoms with Gasteiger partial charge in [0.1, 0.15) is 50.9 Å². The summed E-state index contributed by atoms with van der Waals surface area (Å²) in [4.78, 5) is 40.4. The minimum absolute atomic E-state index is 0.0121. The van der Waals surface area contributed by atoms with Crippen LogP contribution in [0.1, 0.15) is 84.6 Å². The van der Waals surface area contributed by atoms with Gasteiger partial charge in [-0.05, 0) is 75.5 Å². The predicted molar refractivity (Wildman–Crippen MR) is 255 cm³/mol. The number of carbonyl (C=O) groups excluding carboxylic acids is 2. The summed E-state index contributed by atoms with van der Waals surface area (Å²) >= 11 is 12.4. The molecule has 4 aromatic rings. The van der Waals surface area contributed by atoms with E-state index in [1.54, 1.807) is 13.3 Å². The number of nitrogens with zero attached hydrogens (tertiary/aromatic N) is 10. The second kappa shape index (κ2) is 23.0. The first-order chi connectivity index (χ1) is 33.1. The lowest BCUT2D eigenvalue weighted by molar-refractivity contribution is -0.154. The lowest BCUT2D eigenvalue weighted by Gasteiger charge is -2.24. The van der Waals surface area contributed by atoms with E-state index in [0.29, 0.717) is 28.3 Å². The molecule has 4 aromatic heterocycles. The number of aliphatic hydroxyl groups excluding tert-OH is 3. The van der Waals surface area contributed by atoms with E-state index >= 15 is 0 Å². The first-order valence-corrected chi connectivity index (χ1v) is 29.2. The molecule has 2 saturated heterocycles. The average Bonchev–Trinajstić information content (AvgIpc) is 4.16. The van der Waals surface area contributed by atoms with Crippen LogP contribution in [0.15, 0.2) is 0 Å². The molecule has 70 heavy (non-hydrogen) atoms. The second-order valence-electron chi connectivity index (χ2n) is 18.8. The summed E-state index contributed by atoms with van der Waals surface area (Å²) in [7, 11) is -5.50. The van der Waals surface area contributed by atoms with Crippen LogP contribution in [0.25, 0.3) is 22.3 Å². The lowest BCUT2D eigenvalue weighted by atomic mass is 10.0. The van der Waals surface area contributed by atoms with Crippen molar-refractivity contribution in [3.63, 3.8) is 0 Å². The average molecular weight is 1060 g/mol. The monoisotopic (exact) mass is 1060 g/mol. The molecular formula is C41H62Cl2N12O13P2. The number of hydrogen-bond acceptors (Lipinski definition) is 23. The first-order valence-electron chi connectivity index (χ1n) is 23.1. The van der Waals surface area contributed by atoms with Gasteiger partial charge < -0.3 is 63.5 Å². The molecule has 388 valence electrons. The van der Waals surface area contributed by atoms with Crippen molar-refractivity contribution in [1.82, 2.24) is 49.9 Å². The third kappa shape index (κ3) is 12.9. The molecule has 0 bridgehead atoms. The number of aliphatic hydroxyl groups is 3. The van der Waals surface area contributed by atoms with Crippen LogP contribution >= 0.6 is 37.5 Å². The van der Waals surface area contributed by atoms with Gasteiger partial charge in [-0.2, -0.15) is 29.3 Å². The fraction of sp³-hybridized carbons (Fsp3) is 0.756. The number of ether oxygens (including phenoxy) is 6. The van der Waals surface area contributed by atoms with Gasteiger partial charge in [-0.3, -0.25) is 9.59 Å². The van der Waals surface area contributed by atoms with Gasteiger partial charge in [0.2, 0.25) is 10.6 Å². The maximum Gasteiger partial charge on any atom is 0.303 e. The summed E-state index contributed by atoms with van der Waals surface area (Å²) in [6, 6.07) is 0.527. The summed E-state index contributed by atoms with van der Waals surface area (Å²) < 4.78 is 61.8. The molecule has 8 rings (SSSR count). The minimum Gasteiger partial charge on any atom is -0.463 e. The van der Waals surface area contributed by atoms with Crippen LogP contribution in [0.5, 0.6) is 0 Å². The zero-order valence-corrected chi connectivity index (χ0v) is 43.3. The number of halogens is 2. The number of fused-ring (bicyclic) bond motifs is 2. The molecule has 3 unspecified atom stereocenters. The minimum atomic E-state index is -2.77. The van der Waals surface area contributed by atoms with Crippen LogP contribution in [0.4, 0.5) is 11.6 Å². The highest BCUT2D eigenvalue weighted by molar-refractivity contribution is 7.63. The van der Waals surface area contributed by atoms with Crippen molar-refractivity contribution in [1.29, 1.82) is 0 Å². The number of rotatable bonds is 18. The molecule has 2 saturated carbocycles. The van der Waals surface area contributed by atoms with E-state index in [4.69, 9.17) is 51.6 Å². The highest BCUT2D eigenvalue weighted by atomic mass is 35.5. The summed E-state index contributed by atoms with van der Waals surface area (Å²) in [5, 5.41) is 54.0. The number of aromatic nitrogens is 10. The summed E-state index contributed by atoms with van der Waals surface area (Å²) in [6.45, 7) is 9.84. The fourth-order valence-corrected chi connectivity index (χ4v) is 10.8. The first kappa shape index (κ1) is 54.0. The Labute approximate surface area is 413 Å². The van der Waals surface area contributed by atoms with E-state index in [0.717, 1.165) is 51.4 Å². The second-order valence-corrected chi connectivity index (χ2v) is 26.4. The molecule has 2 aliphatic heterocycles. The van der Waals surface area contributed by atoms with Crippen LogP contribution in [0.2, 0.25) is 10.6 Å². The van der Waals surface area contributed by atoms with Crippen molar-refractivity contribution in [2.24, 2.45) is 5.92 Å². The van der Waals surface area contributed by atoms with Crippen molar-refractivity contribution >= 4 is 83.4 Å². The molecule has 29 heteroatoms. The van der Waals surface area contributed by atoms with Gasteiger partial charge in [0.05, 0.1) is 25.9 Å². The predicted octanol–water partition coefficient (Wildman–Crippen LogP) is 4.03. The van der Waals surface area contributed by atoms with Gasteiger partial charge in [-0.15, -0.1) is 10.2 Å². The van der Waals surface area contributed by atoms with Gasteiger partial charge >= 0.3 is 11.9 Å². The third-order valence-corrected chi connectivity index (χ3v) is 16.4. The SMILES string of the molecule is CC(=O)OCC(OC[C@H]1O[C@@H](n2nnc3c(NC4CCCC4)nc(Cl)nc32)C(OC(C)=O)[C@@H]1C)P(C)(C)=O.CP(C)(=O)C(CO)OC[C@H]1O[C@@H](n2nnc3c(NC4CCCC4)nc(Cl)nc32)[C@H](O)[C@@H]1O. The molecular weight excluding hydrogens is 1000 g/mol. The van der Waals surface area contributed by atoms with Gasteiger partial charge in [0, 0.05) is 31.8 Å². The van der Waals surface area contributed by atoms with Crippen molar-refractivity contribution in [3.05, 3.63) is 10.6 Å². The van der Waals surface area contributed by atoms with E-state index in [9.17, 15) is 34.0 Å². The van der Waals surface area contributed by atoms with Gasteiger partial charge in [-0.1, -0.05) is 43.0 Å². The molecule has 0 radical (unpaired) electrons. The zero-order chi connectivity index (χ0) is 50.7.